The van der Waals surface area contributed by atoms with Crippen LogP contribution in [0.3, 0.4) is 0 Å². The standard InChI is InChI=1S/C22H20ClN5O4/c1-12-25-17-7-2-13(11-24-22(32)26-15-5-3-14(23)4-6-15)10-16(17)21(31)28(12)18-8-9-19(29)27-20(18)30/h2-7,10,18H,8-9,11H2,1H3,(H2,24,26,32)(H,27,29,30)/t18-/m0/s1/i18D. The van der Waals surface area contributed by atoms with E-state index in [1.807, 2.05) is 0 Å². The van der Waals surface area contributed by atoms with Crippen LogP contribution in [-0.4, -0.2) is 27.4 Å². The largest absolute Gasteiger partial charge is 0.334 e. The van der Waals surface area contributed by atoms with E-state index in [0.29, 0.717) is 21.8 Å². The molecule has 4 amide bonds. The molecule has 0 spiro atoms. The summed E-state index contributed by atoms with van der Waals surface area (Å²) in [6.45, 7) is 1.67. The highest BCUT2D eigenvalue weighted by Crippen LogP contribution is 2.20. The normalized spacial score (nSPS) is 18.8. The number of nitrogens with one attached hydrogen (secondary N) is 3. The van der Waals surface area contributed by atoms with Crippen molar-refractivity contribution in [1.29, 1.82) is 0 Å². The third-order valence-corrected chi connectivity index (χ3v) is 5.28. The van der Waals surface area contributed by atoms with Gasteiger partial charge in [-0.05, 0) is 55.3 Å². The molecule has 1 saturated heterocycles. The van der Waals surface area contributed by atoms with E-state index >= 15 is 0 Å². The highest BCUT2D eigenvalue weighted by Gasteiger charge is 2.30. The number of aromatic nitrogens is 2. The van der Waals surface area contributed by atoms with Gasteiger partial charge in [0.2, 0.25) is 11.8 Å². The van der Waals surface area contributed by atoms with Crippen molar-refractivity contribution >= 4 is 46.0 Å². The molecule has 0 radical (unpaired) electrons. The molecule has 0 unspecified atom stereocenters. The summed E-state index contributed by atoms with van der Waals surface area (Å²) >= 11 is 5.83. The van der Waals surface area contributed by atoms with Crippen LogP contribution in [0.2, 0.25) is 5.02 Å². The number of benzene rings is 2. The van der Waals surface area contributed by atoms with E-state index in [1.54, 1.807) is 42.5 Å². The van der Waals surface area contributed by atoms with Gasteiger partial charge in [-0.2, -0.15) is 0 Å². The van der Waals surface area contributed by atoms with Gasteiger partial charge >= 0.3 is 6.03 Å². The monoisotopic (exact) mass is 454 g/mol. The molecular weight excluding hydrogens is 434 g/mol. The van der Waals surface area contributed by atoms with E-state index < -0.39 is 29.4 Å². The van der Waals surface area contributed by atoms with Gasteiger partial charge in [0, 0.05) is 23.7 Å². The van der Waals surface area contributed by atoms with Crippen molar-refractivity contribution in [3.63, 3.8) is 0 Å². The Labute approximate surface area is 189 Å². The van der Waals surface area contributed by atoms with E-state index in [9.17, 15) is 19.2 Å². The number of carbonyl (C=O) groups excluding carboxylic acids is 3. The van der Waals surface area contributed by atoms with E-state index in [0.717, 1.165) is 4.57 Å². The lowest BCUT2D eigenvalue weighted by molar-refractivity contribution is -0.135. The minimum atomic E-state index is -1.97. The van der Waals surface area contributed by atoms with Crippen LogP contribution in [0.25, 0.3) is 10.9 Å². The fourth-order valence-corrected chi connectivity index (χ4v) is 3.61. The van der Waals surface area contributed by atoms with Gasteiger partial charge < -0.3 is 10.6 Å². The van der Waals surface area contributed by atoms with Gasteiger partial charge in [0.1, 0.15) is 11.8 Å². The van der Waals surface area contributed by atoms with E-state index in [2.05, 4.69) is 20.9 Å². The fourth-order valence-electron chi connectivity index (χ4n) is 3.48. The maximum absolute atomic E-state index is 13.3. The number of carbonyl (C=O) groups is 3. The van der Waals surface area contributed by atoms with Crippen molar-refractivity contribution in [3.05, 3.63) is 69.2 Å². The van der Waals surface area contributed by atoms with Gasteiger partial charge in [-0.1, -0.05) is 17.7 Å². The number of hydrogen-bond donors (Lipinski definition) is 3. The first-order valence-corrected chi connectivity index (χ1v) is 10.2. The Hall–Kier alpha value is -3.72. The molecule has 1 aliphatic heterocycles. The lowest BCUT2D eigenvalue weighted by atomic mass is 10.0. The summed E-state index contributed by atoms with van der Waals surface area (Å²) < 4.78 is 9.63. The molecule has 1 aromatic heterocycles. The SMILES string of the molecule is [2H][C@]1(n2c(C)nc3ccc(CNC(=O)Nc4ccc(Cl)cc4)cc3c2=O)CCC(=O)NC1=O. The van der Waals surface area contributed by atoms with Crippen molar-refractivity contribution in [1.82, 2.24) is 20.2 Å². The van der Waals surface area contributed by atoms with Gasteiger partial charge in [0.25, 0.3) is 5.56 Å². The Morgan fingerprint density at radius 1 is 1.25 bits per heavy atom. The Balaban J connectivity index is 1.58. The zero-order valence-electron chi connectivity index (χ0n) is 18.1. The molecule has 4 rings (SSSR count). The molecule has 3 aromatic rings. The van der Waals surface area contributed by atoms with Crippen molar-refractivity contribution in [2.75, 3.05) is 5.32 Å². The van der Waals surface area contributed by atoms with Crippen molar-refractivity contribution < 1.29 is 15.8 Å². The number of halogens is 1. The number of rotatable bonds is 4. The molecule has 164 valence electrons. The summed E-state index contributed by atoms with van der Waals surface area (Å²) in [6, 6.07) is 9.17. The van der Waals surface area contributed by atoms with Gasteiger partial charge in [-0.25, -0.2) is 9.78 Å². The number of urea groups is 1. The summed E-state index contributed by atoms with van der Waals surface area (Å²) in [6.07, 6.45) is -0.177. The van der Waals surface area contributed by atoms with Crippen LogP contribution in [0.4, 0.5) is 10.5 Å². The summed E-state index contributed by atoms with van der Waals surface area (Å²) in [4.78, 5) is 53.8. The quantitative estimate of drug-likeness (QED) is 0.523. The fraction of sp³-hybridized carbons (Fsp3) is 0.227. The maximum Gasteiger partial charge on any atom is 0.319 e. The number of anilines is 1. The molecule has 0 bridgehead atoms. The predicted octanol–water partition coefficient (Wildman–Crippen LogP) is 2.66. The van der Waals surface area contributed by atoms with Crippen LogP contribution in [0.1, 0.15) is 31.6 Å². The smallest absolute Gasteiger partial charge is 0.319 e. The van der Waals surface area contributed by atoms with Crippen LogP contribution < -0.4 is 21.5 Å². The van der Waals surface area contributed by atoms with Gasteiger partial charge in [0.05, 0.1) is 12.3 Å². The molecule has 0 aliphatic carbocycles. The zero-order chi connectivity index (χ0) is 23.8. The molecule has 2 aromatic carbocycles. The number of nitrogens with zero attached hydrogens (tertiary/aromatic N) is 2. The summed E-state index contributed by atoms with van der Waals surface area (Å²) in [5, 5.41) is 8.26. The lowest BCUT2D eigenvalue weighted by Crippen LogP contribution is -2.45. The molecule has 1 aliphatic rings. The highest BCUT2D eigenvalue weighted by molar-refractivity contribution is 6.30. The minimum Gasteiger partial charge on any atom is -0.334 e. The van der Waals surface area contributed by atoms with Crippen LogP contribution in [0.15, 0.2) is 47.3 Å². The van der Waals surface area contributed by atoms with Crippen molar-refractivity contribution in [3.8, 4) is 0 Å². The summed E-state index contributed by atoms with van der Waals surface area (Å²) in [5.74, 6) is -1.14. The molecule has 3 N–H and O–H groups in total. The highest BCUT2D eigenvalue weighted by atomic mass is 35.5. The van der Waals surface area contributed by atoms with E-state index in [4.69, 9.17) is 13.0 Å². The van der Waals surface area contributed by atoms with E-state index in [1.165, 1.54) is 6.92 Å². The van der Waals surface area contributed by atoms with Crippen LogP contribution in [-0.2, 0) is 16.1 Å². The van der Waals surface area contributed by atoms with Crippen LogP contribution in [0, 0.1) is 6.92 Å². The van der Waals surface area contributed by atoms with Crippen LogP contribution >= 0.6 is 11.6 Å². The molecule has 1 atom stereocenters. The number of imide groups is 1. The molecular formula is C22H20ClN5O4. The van der Waals surface area contributed by atoms with Gasteiger partial charge in [-0.3, -0.25) is 24.3 Å². The number of fused-ring (bicyclic) bond motifs is 1. The minimum absolute atomic E-state index is 0.0498. The van der Waals surface area contributed by atoms with Crippen LogP contribution in [0.5, 0.6) is 0 Å². The Kier molecular flexibility index (Phi) is 5.55. The second-order valence-corrected chi connectivity index (χ2v) is 7.73. The number of aryl methyl sites for hydroxylation is 1. The number of hydrogen-bond acceptors (Lipinski definition) is 5. The Morgan fingerprint density at radius 3 is 2.72 bits per heavy atom. The maximum atomic E-state index is 13.3. The lowest BCUT2D eigenvalue weighted by Gasteiger charge is -2.24. The molecule has 0 saturated carbocycles. The first kappa shape index (κ1) is 20.2. The third kappa shape index (κ3) is 4.47. The Bertz CT molecular complexity index is 1340. The topological polar surface area (TPSA) is 122 Å². The number of piperidine rings is 1. The first-order valence-electron chi connectivity index (χ1n) is 10.3. The molecule has 10 heteroatoms. The van der Waals surface area contributed by atoms with Gasteiger partial charge in [-0.15, -0.1) is 0 Å². The second-order valence-electron chi connectivity index (χ2n) is 7.29. The zero-order valence-corrected chi connectivity index (χ0v) is 17.8. The molecule has 9 nitrogen and oxygen atoms in total. The van der Waals surface area contributed by atoms with Crippen molar-refractivity contribution in [2.24, 2.45) is 0 Å². The molecule has 1 fully saturated rings. The predicted molar refractivity (Wildman–Crippen MR) is 119 cm³/mol. The summed E-state index contributed by atoms with van der Waals surface area (Å²) in [7, 11) is 0. The first-order chi connectivity index (χ1) is 15.7. The molecule has 32 heavy (non-hydrogen) atoms. The third-order valence-electron chi connectivity index (χ3n) is 5.03. The number of amides is 4. The van der Waals surface area contributed by atoms with E-state index in [-0.39, 0.29) is 30.6 Å². The average molecular weight is 455 g/mol. The van der Waals surface area contributed by atoms with Crippen molar-refractivity contribution in [2.45, 2.75) is 32.3 Å². The second kappa shape index (κ2) is 8.80. The Morgan fingerprint density at radius 2 is 2.00 bits per heavy atom. The van der Waals surface area contributed by atoms with Gasteiger partial charge in [0.15, 0.2) is 0 Å². The summed E-state index contributed by atoms with van der Waals surface area (Å²) in [5.41, 5.74) is 1.04. The average Bonchev–Trinajstić information content (AvgIpc) is 2.77. The molecule has 2 heterocycles.